The normalized spacial score (nSPS) is 17.5. The van der Waals surface area contributed by atoms with Gasteiger partial charge in [-0.25, -0.2) is 15.0 Å². The molecule has 0 aliphatic heterocycles. The maximum Gasteiger partial charge on any atom is 0.224 e. The Kier molecular flexibility index (Phi) is 6.10. The van der Waals surface area contributed by atoms with Crippen LogP contribution in [0.4, 0.5) is 17.6 Å². The minimum atomic E-state index is -0.255. The Morgan fingerprint density at radius 2 is 1.95 bits per heavy atom. The van der Waals surface area contributed by atoms with Crippen LogP contribution in [-0.2, 0) is 17.3 Å². The molecule has 1 saturated carbocycles. The van der Waals surface area contributed by atoms with E-state index in [0.717, 1.165) is 22.3 Å². The van der Waals surface area contributed by atoms with Crippen LogP contribution in [-0.4, -0.2) is 46.4 Å². The molecular weight excluding hydrogens is 472 g/mol. The summed E-state index contributed by atoms with van der Waals surface area (Å²) in [4.78, 5) is 24.7. The summed E-state index contributed by atoms with van der Waals surface area (Å²) in [6.07, 6.45) is 4.42. The summed E-state index contributed by atoms with van der Waals surface area (Å²) >= 11 is 0. The Morgan fingerprint density at radius 1 is 1.19 bits per heavy atom. The fraction of sp³-hybridized carbons (Fsp3) is 0.423. The molecule has 1 aliphatic rings. The van der Waals surface area contributed by atoms with Gasteiger partial charge in [-0.3, -0.25) is 9.48 Å². The first kappa shape index (κ1) is 24.7. The zero-order chi connectivity index (χ0) is 26.5. The van der Waals surface area contributed by atoms with E-state index in [1.165, 1.54) is 6.92 Å². The fourth-order valence-corrected chi connectivity index (χ4v) is 4.59. The molecule has 1 amide bonds. The minimum Gasteiger partial charge on any atom is -0.438 e. The number of hydrogen-bond donors (Lipinski definition) is 3. The van der Waals surface area contributed by atoms with Crippen LogP contribution in [0.25, 0.3) is 11.0 Å². The summed E-state index contributed by atoms with van der Waals surface area (Å²) in [7, 11) is 1.93. The van der Waals surface area contributed by atoms with Gasteiger partial charge >= 0.3 is 0 Å². The number of aryl methyl sites for hydroxylation is 2. The molecule has 4 aromatic rings. The van der Waals surface area contributed by atoms with Gasteiger partial charge in [0.15, 0.2) is 5.82 Å². The number of aliphatic hydroxyl groups is 1. The van der Waals surface area contributed by atoms with Crippen molar-refractivity contribution < 1.29 is 14.6 Å². The molecule has 0 spiro atoms. The molecule has 3 N–H and O–H groups in total. The van der Waals surface area contributed by atoms with E-state index in [2.05, 4.69) is 47.4 Å². The van der Waals surface area contributed by atoms with E-state index in [0.29, 0.717) is 42.1 Å². The average Bonchev–Trinajstić information content (AvgIpc) is 3.35. The molecule has 1 fully saturated rings. The summed E-state index contributed by atoms with van der Waals surface area (Å²) in [5.74, 6) is 2.48. The van der Waals surface area contributed by atoms with E-state index in [1.807, 2.05) is 23.2 Å². The lowest BCUT2D eigenvalue weighted by molar-refractivity contribution is -0.114. The Morgan fingerprint density at radius 3 is 2.62 bits per heavy atom. The Hall–Kier alpha value is -3.99. The van der Waals surface area contributed by atoms with Gasteiger partial charge in [0, 0.05) is 49.0 Å². The fourth-order valence-electron chi connectivity index (χ4n) is 4.59. The number of nitrogens with zero attached hydrogens (tertiary/aromatic N) is 6. The van der Waals surface area contributed by atoms with E-state index in [9.17, 15) is 9.90 Å². The number of amides is 1. The van der Waals surface area contributed by atoms with Crippen LogP contribution >= 0.6 is 0 Å². The molecule has 11 heteroatoms. The smallest absolute Gasteiger partial charge is 0.224 e. The monoisotopic (exact) mass is 504 g/mol. The molecule has 37 heavy (non-hydrogen) atoms. The number of carbonyl (C=O) groups is 1. The van der Waals surface area contributed by atoms with Crippen LogP contribution in [0.2, 0.25) is 0 Å². The van der Waals surface area contributed by atoms with Gasteiger partial charge in [-0.2, -0.15) is 5.10 Å². The second-order valence-electron chi connectivity index (χ2n) is 10.6. The van der Waals surface area contributed by atoms with E-state index in [-0.39, 0.29) is 23.5 Å². The molecule has 4 heterocycles. The first-order valence-electron chi connectivity index (χ1n) is 12.3. The van der Waals surface area contributed by atoms with Gasteiger partial charge in [0.25, 0.3) is 0 Å². The summed E-state index contributed by atoms with van der Waals surface area (Å²) < 4.78 is 10.0. The van der Waals surface area contributed by atoms with Crippen LogP contribution < -0.4 is 15.4 Å². The van der Waals surface area contributed by atoms with Crippen molar-refractivity contribution in [1.29, 1.82) is 0 Å². The number of anilines is 3. The van der Waals surface area contributed by atoms with Crippen LogP contribution in [0.15, 0.2) is 30.6 Å². The third kappa shape index (κ3) is 4.86. The standard InChI is InChI=1S/C26H32N8O3/c1-14-23-19(13-28-24(14)37-18-7-8-27-21(11-18)29-15(2)35)30-25(33(23)6)31-22-12-20(26(3,4)5)34(32-22)16-9-17(36)10-16/h7-8,11-13,16-17,36H,9-10H2,1-6H3,(H,27,29,35)(H,30,31,32). The number of rotatable bonds is 6. The molecule has 11 nitrogen and oxygen atoms in total. The Labute approximate surface area is 214 Å². The van der Waals surface area contributed by atoms with Crippen molar-refractivity contribution in [3.05, 3.63) is 41.9 Å². The largest absolute Gasteiger partial charge is 0.438 e. The molecule has 0 bridgehead atoms. The molecule has 0 radical (unpaired) electrons. The second-order valence-corrected chi connectivity index (χ2v) is 10.6. The quantitative estimate of drug-likeness (QED) is 0.353. The molecule has 4 aromatic heterocycles. The van der Waals surface area contributed by atoms with Crippen molar-refractivity contribution in [2.75, 3.05) is 10.6 Å². The number of aliphatic hydroxyl groups excluding tert-OH is 1. The third-order valence-corrected chi connectivity index (χ3v) is 6.53. The van der Waals surface area contributed by atoms with Crippen molar-refractivity contribution in [1.82, 2.24) is 29.3 Å². The lowest BCUT2D eigenvalue weighted by Crippen LogP contribution is -2.34. The van der Waals surface area contributed by atoms with E-state index in [4.69, 9.17) is 14.8 Å². The summed E-state index contributed by atoms with van der Waals surface area (Å²) in [5, 5.41) is 20.7. The molecule has 5 rings (SSSR count). The summed E-state index contributed by atoms with van der Waals surface area (Å²) in [5.41, 5.74) is 3.43. The van der Waals surface area contributed by atoms with Crippen LogP contribution in [0.1, 0.15) is 57.8 Å². The van der Waals surface area contributed by atoms with Crippen molar-refractivity contribution in [3.8, 4) is 11.6 Å². The highest BCUT2D eigenvalue weighted by atomic mass is 16.5. The van der Waals surface area contributed by atoms with Crippen LogP contribution in [0, 0.1) is 6.92 Å². The maximum absolute atomic E-state index is 11.4. The average molecular weight is 505 g/mol. The topological polar surface area (TPSA) is 132 Å². The zero-order valence-corrected chi connectivity index (χ0v) is 21.9. The molecule has 0 aromatic carbocycles. The van der Waals surface area contributed by atoms with Gasteiger partial charge in [0.1, 0.15) is 17.1 Å². The molecule has 0 atom stereocenters. The predicted molar refractivity (Wildman–Crippen MR) is 140 cm³/mol. The lowest BCUT2D eigenvalue weighted by Gasteiger charge is -2.34. The summed E-state index contributed by atoms with van der Waals surface area (Å²) in [6.45, 7) is 9.84. The molecule has 0 unspecified atom stereocenters. The van der Waals surface area contributed by atoms with Crippen molar-refractivity contribution in [2.45, 2.75) is 65.0 Å². The molecule has 194 valence electrons. The number of fused-ring (bicyclic) bond motifs is 1. The highest BCUT2D eigenvalue weighted by Gasteiger charge is 2.34. The number of nitrogens with one attached hydrogen (secondary N) is 2. The van der Waals surface area contributed by atoms with Crippen molar-refractivity contribution >= 4 is 34.5 Å². The molecule has 0 saturated heterocycles. The van der Waals surface area contributed by atoms with Gasteiger partial charge in [-0.05, 0) is 25.8 Å². The molecule has 1 aliphatic carbocycles. The number of carbonyl (C=O) groups excluding carboxylic acids is 1. The van der Waals surface area contributed by atoms with E-state index >= 15 is 0 Å². The highest BCUT2D eigenvalue weighted by Crippen LogP contribution is 2.37. The first-order valence-corrected chi connectivity index (χ1v) is 12.3. The van der Waals surface area contributed by atoms with Crippen LogP contribution in [0.3, 0.4) is 0 Å². The van der Waals surface area contributed by atoms with Gasteiger partial charge in [0.05, 0.1) is 23.9 Å². The number of ether oxygens (including phenoxy) is 1. The number of imidazole rings is 1. The number of pyridine rings is 2. The minimum absolute atomic E-state index is 0.0979. The van der Waals surface area contributed by atoms with E-state index in [1.54, 1.807) is 24.5 Å². The number of hydrogen-bond acceptors (Lipinski definition) is 8. The first-order chi connectivity index (χ1) is 17.5. The van der Waals surface area contributed by atoms with Gasteiger partial charge in [-0.1, -0.05) is 20.8 Å². The SMILES string of the molecule is CC(=O)Nc1cc(Oc2ncc3nc(Nc4cc(C(C)(C)C)n(C5CC(O)C5)n4)n(C)c3c2C)ccn1. The van der Waals surface area contributed by atoms with Crippen molar-refractivity contribution in [2.24, 2.45) is 7.05 Å². The second kappa shape index (κ2) is 9.15. The van der Waals surface area contributed by atoms with Crippen molar-refractivity contribution in [3.63, 3.8) is 0 Å². The third-order valence-electron chi connectivity index (χ3n) is 6.53. The maximum atomic E-state index is 11.4. The predicted octanol–water partition coefficient (Wildman–Crippen LogP) is 4.36. The van der Waals surface area contributed by atoms with Gasteiger partial charge in [-0.15, -0.1) is 0 Å². The van der Waals surface area contributed by atoms with Crippen LogP contribution in [0.5, 0.6) is 11.6 Å². The van der Waals surface area contributed by atoms with Gasteiger partial charge in [0.2, 0.25) is 17.7 Å². The van der Waals surface area contributed by atoms with E-state index < -0.39 is 0 Å². The van der Waals surface area contributed by atoms with Gasteiger partial charge < -0.3 is 25.0 Å². The summed E-state index contributed by atoms with van der Waals surface area (Å²) in [6, 6.07) is 5.61. The highest BCUT2D eigenvalue weighted by molar-refractivity contribution is 5.87. The molecular formula is C26H32N8O3. The Balaban J connectivity index is 1.43. The lowest BCUT2D eigenvalue weighted by atomic mass is 9.87. The Bertz CT molecular complexity index is 1480. The number of aromatic nitrogens is 6. The zero-order valence-electron chi connectivity index (χ0n) is 21.9.